The minimum atomic E-state index is -0.429. The van der Waals surface area contributed by atoms with E-state index in [4.69, 9.17) is 0 Å². The van der Waals surface area contributed by atoms with Gasteiger partial charge in [-0.25, -0.2) is 0 Å². The van der Waals surface area contributed by atoms with Crippen molar-refractivity contribution >= 4 is 11.8 Å². The van der Waals surface area contributed by atoms with E-state index in [0.717, 1.165) is 45.1 Å². The molecular formula is C22H34N2O3. The van der Waals surface area contributed by atoms with E-state index < -0.39 is 6.10 Å². The van der Waals surface area contributed by atoms with Gasteiger partial charge in [-0.1, -0.05) is 24.3 Å². The molecule has 2 atom stereocenters. The van der Waals surface area contributed by atoms with Crippen LogP contribution in [-0.4, -0.2) is 59.0 Å². The van der Waals surface area contributed by atoms with Crippen LogP contribution in [0.15, 0.2) is 24.3 Å². The Morgan fingerprint density at radius 2 is 1.93 bits per heavy atom. The Labute approximate surface area is 163 Å². The predicted molar refractivity (Wildman–Crippen MR) is 106 cm³/mol. The second kappa shape index (κ2) is 9.05. The molecule has 0 aromatic rings. The van der Waals surface area contributed by atoms with Gasteiger partial charge in [0.2, 0.25) is 11.8 Å². The van der Waals surface area contributed by atoms with Crippen LogP contribution in [0.2, 0.25) is 0 Å². The van der Waals surface area contributed by atoms with E-state index in [9.17, 15) is 14.7 Å². The summed E-state index contributed by atoms with van der Waals surface area (Å²) in [7, 11) is 0. The van der Waals surface area contributed by atoms with Gasteiger partial charge in [0.15, 0.2) is 0 Å². The smallest absolute Gasteiger partial charge is 0.226 e. The zero-order valence-corrected chi connectivity index (χ0v) is 16.6. The number of unbranched alkanes of at least 4 members (excludes halogenated alkanes) is 1. The summed E-state index contributed by atoms with van der Waals surface area (Å²) >= 11 is 0. The monoisotopic (exact) mass is 374 g/mol. The van der Waals surface area contributed by atoms with Crippen molar-refractivity contribution in [1.82, 2.24) is 9.80 Å². The molecule has 0 aromatic heterocycles. The lowest BCUT2D eigenvalue weighted by Crippen LogP contribution is -2.61. The highest BCUT2D eigenvalue weighted by molar-refractivity contribution is 5.80. The van der Waals surface area contributed by atoms with Gasteiger partial charge in [0.1, 0.15) is 0 Å². The lowest BCUT2D eigenvalue weighted by Gasteiger charge is -2.51. The first-order valence-corrected chi connectivity index (χ1v) is 10.6. The van der Waals surface area contributed by atoms with E-state index >= 15 is 0 Å². The van der Waals surface area contributed by atoms with Crippen LogP contribution in [0, 0.1) is 11.3 Å². The number of hydrogen-bond acceptors (Lipinski definition) is 3. The maximum atomic E-state index is 12.9. The van der Waals surface area contributed by atoms with Crippen LogP contribution in [0.1, 0.15) is 58.3 Å². The molecule has 0 saturated carbocycles. The van der Waals surface area contributed by atoms with Crippen molar-refractivity contribution in [1.29, 1.82) is 0 Å². The van der Waals surface area contributed by atoms with Gasteiger partial charge in [0.25, 0.3) is 0 Å². The lowest BCUT2D eigenvalue weighted by atomic mass is 9.71. The van der Waals surface area contributed by atoms with E-state index in [1.165, 1.54) is 0 Å². The molecule has 0 radical (unpaired) electrons. The highest BCUT2D eigenvalue weighted by atomic mass is 16.3. The number of amides is 2. The van der Waals surface area contributed by atoms with Crippen LogP contribution < -0.4 is 0 Å². The fraction of sp³-hybridized carbons (Fsp3) is 0.727. The maximum absolute atomic E-state index is 12.9. The fourth-order valence-corrected chi connectivity index (χ4v) is 4.88. The number of nitrogens with zero attached hydrogens (tertiary/aromatic N) is 2. The average molecular weight is 375 g/mol. The van der Waals surface area contributed by atoms with Crippen LogP contribution >= 0.6 is 0 Å². The molecule has 1 aliphatic carbocycles. The zero-order valence-electron chi connectivity index (χ0n) is 16.6. The molecule has 150 valence electrons. The summed E-state index contributed by atoms with van der Waals surface area (Å²) < 4.78 is 0. The van der Waals surface area contributed by atoms with Gasteiger partial charge in [-0.3, -0.25) is 9.59 Å². The maximum Gasteiger partial charge on any atom is 0.226 e. The number of carbonyl (C=O) groups is 2. The van der Waals surface area contributed by atoms with Crippen LogP contribution in [-0.2, 0) is 9.59 Å². The Balaban J connectivity index is 1.61. The molecule has 27 heavy (non-hydrogen) atoms. The fourth-order valence-electron chi connectivity index (χ4n) is 4.88. The highest BCUT2D eigenvalue weighted by Gasteiger charge is 2.47. The second-order valence-electron chi connectivity index (χ2n) is 8.45. The summed E-state index contributed by atoms with van der Waals surface area (Å²) in [6.45, 7) is 4.58. The van der Waals surface area contributed by atoms with Gasteiger partial charge in [0, 0.05) is 43.9 Å². The van der Waals surface area contributed by atoms with Crippen molar-refractivity contribution in [3.05, 3.63) is 24.3 Å². The number of likely N-dealkylation sites (tertiary alicyclic amines) is 2. The Hall–Kier alpha value is -1.62. The molecule has 2 aliphatic heterocycles. The number of piperidine rings is 2. The second-order valence-corrected chi connectivity index (χ2v) is 8.45. The number of aliphatic hydroxyl groups is 1. The summed E-state index contributed by atoms with van der Waals surface area (Å²) in [4.78, 5) is 29.4. The molecule has 3 rings (SSSR count). The summed E-state index contributed by atoms with van der Waals surface area (Å²) in [5.41, 5.74) is -0.350. The lowest BCUT2D eigenvalue weighted by molar-refractivity contribution is -0.150. The molecule has 2 heterocycles. The first kappa shape index (κ1) is 20.1. The van der Waals surface area contributed by atoms with E-state index in [0.29, 0.717) is 32.5 Å². The molecule has 3 aliphatic rings. The Morgan fingerprint density at radius 3 is 2.67 bits per heavy atom. The third-order valence-corrected chi connectivity index (χ3v) is 6.51. The van der Waals surface area contributed by atoms with Crippen molar-refractivity contribution in [3.63, 3.8) is 0 Å². The molecule has 2 saturated heterocycles. The molecule has 0 unspecified atom stereocenters. The van der Waals surface area contributed by atoms with Crippen LogP contribution in [0.3, 0.4) is 0 Å². The molecule has 5 nitrogen and oxygen atoms in total. The Morgan fingerprint density at radius 1 is 1.19 bits per heavy atom. The summed E-state index contributed by atoms with van der Waals surface area (Å²) in [5, 5.41) is 10.8. The van der Waals surface area contributed by atoms with Gasteiger partial charge in [-0.15, -0.1) is 0 Å². The summed E-state index contributed by atoms with van der Waals surface area (Å²) in [5.74, 6) is 0.487. The standard InChI is InChI=1S/C22H34N2O3/c1-2-3-4-5-11-20(26)23-15-12-19(25)22(16-23)13-8-14-24(17-22)21(27)18-9-6-7-10-18/h2-3,6-7,18-19,25H,4-5,8-17H2,1H3/b3-2+/t19-,22-/m1/s1. The van der Waals surface area contributed by atoms with Gasteiger partial charge < -0.3 is 14.9 Å². The third-order valence-electron chi connectivity index (χ3n) is 6.51. The largest absolute Gasteiger partial charge is 0.392 e. The van der Waals surface area contributed by atoms with Gasteiger partial charge in [-0.2, -0.15) is 0 Å². The quantitative estimate of drug-likeness (QED) is 0.595. The van der Waals surface area contributed by atoms with Crippen molar-refractivity contribution in [2.45, 2.75) is 64.4 Å². The molecular weight excluding hydrogens is 340 g/mol. The molecule has 0 bridgehead atoms. The van der Waals surface area contributed by atoms with Gasteiger partial charge >= 0.3 is 0 Å². The molecule has 2 amide bonds. The predicted octanol–water partition coefficient (Wildman–Crippen LogP) is 2.90. The normalized spacial score (nSPS) is 29.2. The number of aliphatic hydroxyl groups excluding tert-OH is 1. The van der Waals surface area contributed by atoms with Crippen molar-refractivity contribution < 1.29 is 14.7 Å². The molecule has 1 spiro atoms. The van der Waals surface area contributed by atoms with Crippen LogP contribution in [0.25, 0.3) is 0 Å². The van der Waals surface area contributed by atoms with Gasteiger partial charge in [0.05, 0.1) is 6.10 Å². The summed E-state index contributed by atoms with van der Waals surface area (Å²) in [6.07, 6.45) is 14.3. The van der Waals surface area contributed by atoms with Crippen molar-refractivity contribution in [3.8, 4) is 0 Å². The molecule has 0 aromatic carbocycles. The number of hydrogen-bond donors (Lipinski definition) is 1. The number of carbonyl (C=O) groups excluding carboxylic acids is 2. The SMILES string of the molecule is C/C=C/CCCC(=O)N1CC[C@@H](O)[C@]2(CCCN(C(=O)C3CC=CC3)C2)C1. The number of allylic oxidation sites excluding steroid dienone is 4. The summed E-state index contributed by atoms with van der Waals surface area (Å²) in [6, 6.07) is 0. The van der Waals surface area contributed by atoms with E-state index in [-0.39, 0.29) is 23.1 Å². The van der Waals surface area contributed by atoms with Crippen LogP contribution in [0.5, 0.6) is 0 Å². The zero-order chi connectivity index (χ0) is 19.3. The number of rotatable bonds is 5. The third kappa shape index (κ3) is 4.63. The van der Waals surface area contributed by atoms with Crippen molar-refractivity contribution in [2.75, 3.05) is 26.2 Å². The Bertz CT molecular complexity index is 592. The highest BCUT2D eigenvalue weighted by Crippen LogP contribution is 2.40. The molecule has 2 fully saturated rings. The minimum absolute atomic E-state index is 0.0743. The van der Waals surface area contributed by atoms with E-state index in [1.54, 1.807) is 0 Å². The molecule has 1 N–H and O–H groups in total. The van der Waals surface area contributed by atoms with Crippen molar-refractivity contribution in [2.24, 2.45) is 11.3 Å². The topological polar surface area (TPSA) is 60.9 Å². The molecule has 5 heteroatoms. The first-order chi connectivity index (χ1) is 13.1. The first-order valence-electron chi connectivity index (χ1n) is 10.6. The average Bonchev–Trinajstić information content (AvgIpc) is 3.22. The minimum Gasteiger partial charge on any atom is -0.392 e. The van der Waals surface area contributed by atoms with E-state index in [1.807, 2.05) is 22.8 Å². The Kier molecular flexibility index (Phi) is 6.74. The van der Waals surface area contributed by atoms with E-state index in [2.05, 4.69) is 18.2 Å². The van der Waals surface area contributed by atoms with Crippen LogP contribution in [0.4, 0.5) is 0 Å². The van der Waals surface area contributed by atoms with Gasteiger partial charge in [-0.05, 0) is 51.9 Å².